The topological polar surface area (TPSA) is 70.2 Å². The van der Waals surface area contributed by atoms with Crippen LogP contribution in [-0.2, 0) is 0 Å². The molecule has 3 aromatic rings. The third kappa shape index (κ3) is 4.71. The molecule has 4 rings (SSSR count). The van der Waals surface area contributed by atoms with E-state index in [2.05, 4.69) is 25.7 Å². The Kier molecular flexibility index (Phi) is 5.83. The number of aromatic nitrogens is 2. The first-order chi connectivity index (χ1) is 14.6. The monoisotopic (exact) mass is 409 g/mol. The molecule has 2 aromatic carbocycles. The molecule has 1 fully saturated rings. The van der Waals surface area contributed by atoms with Gasteiger partial charge in [-0.2, -0.15) is 0 Å². The van der Waals surface area contributed by atoms with Gasteiger partial charge in [0, 0.05) is 30.4 Å². The van der Waals surface area contributed by atoms with Gasteiger partial charge < -0.3 is 15.5 Å². The highest BCUT2D eigenvalue weighted by Gasteiger charge is 2.13. The minimum absolute atomic E-state index is 0.102. The Labute approximate surface area is 172 Å². The van der Waals surface area contributed by atoms with E-state index in [1.807, 2.05) is 24.3 Å². The average molecular weight is 409 g/mol. The van der Waals surface area contributed by atoms with E-state index in [1.165, 1.54) is 25.3 Å². The molecule has 1 saturated heterocycles. The van der Waals surface area contributed by atoms with Crippen LogP contribution in [-0.4, -0.2) is 29.3 Å². The Morgan fingerprint density at radius 3 is 2.30 bits per heavy atom. The summed E-state index contributed by atoms with van der Waals surface area (Å²) >= 11 is 0. The van der Waals surface area contributed by atoms with Crippen LogP contribution >= 0.6 is 0 Å². The average Bonchev–Trinajstić information content (AvgIpc) is 2.77. The Balaban J connectivity index is 1.38. The predicted octanol–water partition coefficient (Wildman–Crippen LogP) is 5.06. The number of carbonyl (C=O) groups is 1. The Morgan fingerprint density at radius 1 is 0.867 bits per heavy atom. The minimum Gasteiger partial charge on any atom is -0.355 e. The van der Waals surface area contributed by atoms with Crippen LogP contribution in [0.4, 0.5) is 30.8 Å². The number of hydrogen-bond acceptors (Lipinski definition) is 4. The van der Waals surface area contributed by atoms with Crippen LogP contribution < -0.4 is 15.5 Å². The smallest absolute Gasteiger partial charge is 0.323 e. The molecule has 2 amide bonds. The van der Waals surface area contributed by atoms with Gasteiger partial charge >= 0.3 is 6.03 Å². The zero-order chi connectivity index (χ0) is 20.9. The van der Waals surface area contributed by atoms with Crippen LogP contribution in [0.2, 0.25) is 0 Å². The lowest BCUT2D eigenvalue weighted by atomic mass is 10.1. The number of carbonyl (C=O) groups excluding carboxylic acids is 1. The number of halogens is 2. The number of piperidine rings is 1. The fourth-order valence-electron chi connectivity index (χ4n) is 3.37. The van der Waals surface area contributed by atoms with E-state index >= 15 is 0 Å². The lowest BCUT2D eigenvalue weighted by Crippen LogP contribution is -2.30. The number of urea groups is 1. The summed E-state index contributed by atoms with van der Waals surface area (Å²) in [4.78, 5) is 14.3. The third-order valence-corrected chi connectivity index (χ3v) is 4.95. The molecular formula is C22H21F2N5O. The van der Waals surface area contributed by atoms with E-state index in [1.54, 1.807) is 12.1 Å². The summed E-state index contributed by atoms with van der Waals surface area (Å²) < 4.78 is 26.6. The van der Waals surface area contributed by atoms with Gasteiger partial charge in [0.1, 0.15) is 11.6 Å². The highest BCUT2D eigenvalue weighted by Crippen LogP contribution is 2.22. The van der Waals surface area contributed by atoms with Crippen molar-refractivity contribution >= 4 is 23.2 Å². The van der Waals surface area contributed by atoms with Crippen molar-refractivity contribution in [1.82, 2.24) is 10.2 Å². The maximum absolute atomic E-state index is 13.6. The largest absolute Gasteiger partial charge is 0.355 e. The molecule has 154 valence electrons. The van der Waals surface area contributed by atoms with E-state index in [-0.39, 0.29) is 5.69 Å². The number of amides is 2. The number of nitrogens with zero attached hydrogens (tertiary/aromatic N) is 3. The van der Waals surface area contributed by atoms with Crippen LogP contribution in [0, 0.1) is 11.6 Å². The van der Waals surface area contributed by atoms with E-state index in [4.69, 9.17) is 0 Å². The van der Waals surface area contributed by atoms with E-state index in [9.17, 15) is 13.6 Å². The Hall–Kier alpha value is -3.55. The SMILES string of the molecule is O=C(Nc1ccc(-c2ccc(N3CCCCC3)nn2)cc1)Nc1ccc(F)cc1F. The van der Waals surface area contributed by atoms with Gasteiger partial charge in [0.2, 0.25) is 0 Å². The molecule has 0 spiro atoms. The molecule has 2 N–H and O–H groups in total. The molecule has 1 aliphatic rings. The van der Waals surface area contributed by atoms with Gasteiger partial charge in [-0.15, -0.1) is 10.2 Å². The van der Waals surface area contributed by atoms with Gasteiger partial charge in [-0.3, -0.25) is 0 Å². The fourth-order valence-corrected chi connectivity index (χ4v) is 3.37. The first kappa shape index (κ1) is 19.8. The molecule has 1 aliphatic heterocycles. The third-order valence-electron chi connectivity index (χ3n) is 4.95. The quantitative estimate of drug-likeness (QED) is 0.632. The Morgan fingerprint density at radius 2 is 1.63 bits per heavy atom. The van der Waals surface area contributed by atoms with Gasteiger partial charge in [0.05, 0.1) is 11.4 Å². The molecule has 0 saturated carbocycles. The first-order valence-corrected chi connectivity index (χ1v) is 9.81. The van der Waals surface area contributed by atoms with Crippen LogP contribution in [0.25, 0.3) is 11.3 Å². The van der Waals surface area contributed by atoms with Gasteiger partial charge in [-0.1, -0.05) is 12.1 Å². The summed E-state index contributed by atoms with van der Waals surface area (Å²) in [5.41, 5.74) is 2.02. The number of hydrogen-bond donors (Lipinski definition) is 2. The van der Waals surface area contributed by atoms with Crippen molar-refractivity contribution in [2.45, 2.75) is 19.3 Å². The van der Waals surface area contributed by atoms with Crippen LogP contribution in [0.5, 0.6) is 0 Å². The van der Waals surface area contributed by atoms with Crippen LogP contribution in [0.15, 0.2) is 54.6 Å². The van der Waals surface area contributed by atoms with Crippen molar-refractivity contribution in [3.05, 3.63) is 66.2 Å². The normalized spacial score (nSPS) is 13.7. The summed E-state index contributed by atoms with van der Waals surface area (Å²) in [6, 6.07) is 13.3. The van der Waals surface area contributed by atoms with E-state index in [0.717, 1.165) is 36.2 Å². The number of rotatable bonds is 4. The van der Waals surface area contributed by atoms with Gasteiger partial charge in [0.25, 0.3) is 0 Å². The summed E-state index contributed by atoms with van der Waals surface area (Å²) in [6.45, 7) is 2.02. The van der Waals surface area contributed by atoms with Crippen molar-refractivity contribution in [1.29, 1.82) is 0 Å². The van der Waals surface area contributed by atoms with Crippen LogP contribution in [0.3, 0.4) is 0 Å². The highest BCUT2D eigenvalue weighted by molar-refractivity contribution is 5.99. The van der Waals surface area contributed by atoms with Gasteiger partial charge in [-0.05, 0) is 55.7 Å². The zero-order valence-corrected chi connectivity index (χ0v) is 16.2. The molecule has 0 bridgehead atoms. The second kappa shape index (κ2) is 8.86. The minimum atomic E-state index is -0.841. The predicted molar refractivity (Wildman–Crippen MR) is 113 cm³/mol. The second-order valence-electron chi connectivity index (χ2n) is 7.11. The van der Waals surface area contributed by atoms with Crippen LogP contribution in [0.1, 0.15) is 19.3 Å². The molecule has 0 atom stereocenters. The summed E-state index contributed by atoms with van der Waals surface area (Å²) in [6.07, 6.45) is 3.62. The summed E-state index contributed by atoms with van der Waals surface area (Å²) in [5, 5.41) is 13.6. The molecule has 8 heteroatoms. The molecule has 0 aliphatic carbocycles. The maximum atomic E-state index is 13.6. The van der Waals surface area contributed by atoms with Crippen molar-refractivity contribution in [3.8, 4) is 11.3 Å². The first-order valence-electron chi connectivity index (χ1n) is 9.81. The fraction of sp³-hybridized carbons (Fsp3) is 0.227. The lowest BCUT2D eigenvalue weighted by Gasteiger charge is -2.27. The van der Waals surface area contributed by atoms with Crippen molar-refractivity contribution in [2.75, 3.05) is 28.6 Å². The number of anilines is 3. The summed E-state index contributed by atoms with van der Waals surface area (Å²) in [7, 11) is 0. The van der Waals surface area contributed by atoms with Gasteiger partial charge in [-0.25, -0.2) is 13.6 Å². The highest BCUT2D eigenvalue weighted by atomic mass is 19.1. The second-order valence-corrected chi connectivity index (χ2v) is 7.11. The summed E-state index contributed by atoms with van der Waals surface area (Å²) in [5.74, 6) is -0.658. The molecule has 1 aromatic heterocycles. The maximum Gasteiger partial charge on any atom is 0.323 e. The molecular weight excluding hydrogens is 388 g/mol. The van der Waals surface area contributed by atoms with Crippen molar-refractivity contribution in [3.63, 3.8) is 0 Å². The van der Waals surface area contributed by atoms with E-state index in [0.29, 0.717) is 11.8 Å². The zero-order valence-electron chi connectivity index (χ0n) is 16.2. The van der Waals surface area contributed by atoms with Gasteiger partial charge in [0.15, 0.2) is 5.82 Å². The molecule has 2 heterocycles. The molecule has 0 unspecified atom stereocenters. The molecule has 6 nitrogen and oxygen atoms in total. The van der Waals surface area contributed by atoms with Crippen molar-refractivity contribution < 1.29 is 13.6 Å². The number of benzene rings is 2. The standard InChI is InChI=1S/C22H21F2N5O/c23-16-6-9-20(18(24)14-16)26-22(30)25-17-7-4-15(5-8-17)19-10-11-21(28-27-19)29-12-2-1-3-13-29/h4-11,14H,1-3,12-13H2,(H2,25,26,30). The lowest BCUT2D eigenvalue weighted by molar-refractivity contribution is 0.262. The van der Waals surface area contributed by atoms with Crippen molar-refractivity contribution in [2.24, 2.45) is 0 Å². The van der Waals surface area contributed by atoms with E-state index < -0.39 is 17.7 Å². The number of nitrogens with one attached hydrogen (secondary N) is 2. The Bertz CT molecular complexity index is 1020. The molecule has 0 radical (unpaired) electrons. The molecule has 30 heavy (non-hydrogen) atoms.